The fraction of sp³-hybridized carbons (Fsp3) is 0.111. The highest BCUT2D eigenvalue weighted by Crippen LogP contribution is 2.19. The topological polar surface area (TPSA) is 37.6 Å². The van der Waals surface area contributed by atoms with E-state index in [1.165, 1.54) is 11.3 Å². The van der Waals surface area contributed by atoms with Crippen molar-refractivity contribution < 1.29 is 0 Å². The van der Waals surface area contributed by atoms with Gasteiger partial charge in [0.25, 0.3) is 5.56 Å². The van der Waals surface area contributed by atoms with E-state index in [1.54, 1.807) is 4.57 Å². The number of nitrogens with zero attached hydrogens (tertiary/aromatic N) is 3. The van der Waals surface area contributed by atoms with Crippen LogP contribution in [0.1, 0.15) is 5.56 Å². The zero-order valence-corrected chi connectivity index (χ0v) is 16.2. The van der Waals surface area contributed by atoms with E-state index in [2.05, 4.69) is 25.8 Å². The largest absolute Gasteiger partial charge is 0.334 e. The Kier molecular flexibility index (Phi) is 4.50. The zero-order valence-electron chi connectivity index (χ0n) is 13.0. The van der Waals surface area contributed by atoms with Crippen molar-refractivity contribution in [3.05, 3.63) is 83.3 Å². The lowest BCUT2D eigenvalue weighted by molar-refractivity contribution is 0.569. The second-order valence-electron chi connectivity index (χ2n) is 5.64. The van der Waals surface area contributed by atoms with Crippen LogP contribution in [0.25, 0.3) is 6.08 Å². The van der Waals surface area contributed by atoms with E-state index in [9.17, 15) is 4.79 Å². The summed E-state index contributed by atoms with van der Waals surface area (Å²) in [5.74, 6) is 0. The van der Waals surface area contributed by atoms with Gasteiger partial charge in [-0.1, -0.05) is 51.0 Å². The van der Waals surface area contributed by atoms with Crippen molar-refractivity contribution in [3.63, 3.8) is 0 Å². The van der Waals surface area contributed by atoms with Crippen molar-refractivity contribution in [1.82, 2.24) is 4.57 Å². The first-order valence-electron chi connectivity index (χ1n) is 7.62. The molecule has 0 saturated heterocycles. The van der Waals surface area contributed by atoms with Gasteiger partial charge in [0.2, 0.25) is 0 Å². The standard InChI is InChI=1S/C18H13BrClN3OS/c19-13-4-6-15(7-5-13)22-10-21-18-23(11-22)17(24)16(25-18)9-12-2-1-3-14(20)8-12/h1-9H,10-11H2. The number of aromatic nitrogens is 1. The highest BCUT2D eigenvalue weighted by molar-refractivity contribution is 9.10. The summed E-state index contributed by atoms with van der Waals surface area (Å²) in [6.07, 6.45) is 1.86. The van der Waals surface area contributed by atoms with Gasteiger partial charge in [-0.3, -0.25) is 9.36 Å². The minimum absolute atomic E-state index is 0.0227. The summed E-state index contributed by atoms with van der Waals surface area (Å²) >= 11 is 10.9. The molecule has 2 heterocycles. The van der Waals surface area contributed by atoms with Gasteiger partial charge in [-0.25, -0.2) is 4.99 Å². The van der Waals surface area contributed by atoms with Crippen LogP contribution in [0.5, 0.6) is 0 Å². The number of benzene rings is 2. The molecule has 1 aliphatic rings. The van der Waals surface area contributed by atoms with Gasteiger partial charge in [-0.2, -0.15) is 0 Å². The Balaban J connectivity index is 1.71. The normalized spacial score (nSPS) is 14.3. The molecule has 0 spiro atoms. The van der Waals surface area contributed by atoms with E-state index in [4.69, 9.17) is 11.6 Å². The van der Waals surface area contributed by atoms with Crippen LogP contribution < -0.4 is 19.8 Å². The third-order valence-corrected chi connectivity index (χ3v) is 5.72. The maximum Gasteiger partial charge on any atom is 0.271 e. The molecule has 0 bridgehead atoms. The highest BCUT2D eigenvalue weighted by Gasteiger charge is 2.15. The van der Waals surface area contributed by atoms with E-state index in [0.29, 0.717) is 22.9 Å². The predicted octanol–water partition coefficient (Wildman–Crippen LogP) is 3.21. The second-order valence-corrected chi connectivity index (χ2v) is 8.00. The Labute approximate surface area is 161 Å². The number of thiazole rings is 1. The molecule has 0 atom stereocenters. The SMILES string of the molecule is O=c1c(=Cc2cccc(Cl)c2)sc2n1CN(c1ccc(Br)cc1)CN=2. The van der Waals surface area contributed by atoms with Gasteiger partial charge in [0.05, 0.1) is 4.53 Å². The van der Waals surface area contributed by atoms with Gasteiger partial charge in [0, 0.05) is 15.2 Å². The molecule has 0 amide bonds. The van der Waals surface area contributed by atoms with Gasteiger partial charge < -0.3 is 4.90 Å². The van der Waals surface area contributed by atoms with Gasteiger partial charge in [-0.05, 0) is 48.0 Å². The van der Waals surface area contributed by atoms with Crippen LogP contribution in [0.4, 0.5) is 5.69 Å². The summed E-state index contributed by atoms with van der Waals surface area (Å²) in [5, 5.41) is 0.654. The minimum atomic E-state index is -0.0227. The lowest BCUT2D eigenvalue weighted by Gasteiger charge is -2.25. The van der Waals surface area contributed by atoms with Crippen molar-refractivity contribution in [3.8, 4) is 0 Å². The summed E-state index contributed by atoms with van der Waals surface area (Å²) in [7, 11) is 0. The van der Waals surface area contributed by atoms with Crippen molar-refractivity contribution in [2.24, 2.45) is 4.99 Å². The van der Waals surface area contributed by atoms with Crippen LogP contribution in [-0.2, 0) is 6.67 Å². The number of fused-ring (bicyclic) bond motifs is 1. The van der Waals surface area contributed by atoms with E-state index in [1.807, 2.05) is 54.6 Å². The lowest BCUT2D eigenvalue weighted by atomic mass is 10.2. The summed E-state index contributed by atoms with van der Waals surface area (Å²) in [5.41, 5.74) is 1.93. The molecule has 126 valence electrons. The van der Waals surface area contributed by atoms with Crippen molar-refractivity contribution in [1.29, 1.82) is 0 Å². The fourth-order valence-corrected chi connectivity index (χ4v) is 4.10. The number of rotatable bonds is 2. The van der Waals surface area contributed by atoms with Crippen LogP contribution in [0.15, 0.2) is 62.8 Å². The first-order valence-corrected chi connectivity index (χ1v) is 9.61. The average molecular weight is 435 g/mol. The molecule has 1 aliphatic heterocycles. The number of anilines is 1. The average Bonchev–Trinajstić information content (AvgIpc) is 2.91. The Morgan fingerprint density at radius 1 is 1.20 bits per heavy atom. The first kappa shape index (κ1) is 16.6. The quantitative estimate of drug-likeness (QED) is 0.621. The van der Waals surface area contributed by atoms with Gasteiger partial charge in [0.15, 0.2) is 4.80 Å². The fourth-order valence-electron chi connectivity index (χ4n) is 2.67. The summed E-state index contributed by atoms with van der Waals surface area (Å²) < 4.78 is 3.41. The monoisotopic (exact) mass is 433 g/mol. The molecule has 0 aliphatic carbocycles. The first-order chi connectivity index (χ1) is 12.1. The minimum Gasteiger partial charge on any atom is -0.334 e. The Morgan fingerprint density at radius 2 is 2.00 bits per heavy atom. The zero-order chi connectivity index (χ0) is 17.4. The maximum atomic E-state index is 12.7. The molecular formula is C18H13BrClN3OS. The Hall–Kier alpha value is -1.89. The number of hydrogen-bond donors (Lipinski definition) is 0. The summed E-state index contributed by atoms with van der Waals surface area (Å²) in [6.45, 7) is 1.04. The third kappa shape index (κ3) is 3.42. The molecular weight excluding hydrogens is 422 g/mol. The van der Waals surface area contributed by atoms with Crippen molar-refractivity contribution in [2.45, 2.75) is 6.67 Å². The van der Waals surface area contributed by atoms with E-state index < -0.39 is 0 Å². The number of halogens is 2. The predicted molar refractivity (Wildman–Crippen MR) is 106 cm³/mol. The molecule has 2 aromatic carbocycles. The van der Waals surface area contributed by atoms with Crippen LogP contribution in [0, 0.1) is 0 Å². The lowest BCUT2D eigenvalue weighted by Crippen LogP contribution is -2.42. The molecule has 0 saturated carbocycles. The third-order valence-electron chi connectivity index (χ3n) is 3.92. The molecule has 4 nitrogen and oxygen atoms in total. The second kappa shape index (κ2) is 6.78. The molecule has 25 heavy (non-hydrogen) atoms. The summed E-state index contributed by atoms with van der Waals surface area (Å²) in [4.78, 5) is 20.1. The molecule has 4 rings (SSSR count). The number of hydrogen-bond acceptors (Lipinski definition) is 4. The van der Waals surface area contributed by atoms with Crippen molar-refractivity contribution >= 4 is 50.6 Å². The Bertz CT molecular complexity index is 1100. The van der Waals surface area contributed by atoms with Gasteiger partial charge in [0.1, 0.15) is 13.3 Å². The molecule has 1 aromatic heterocycles. The highest BCUT2D eigenvalue weighted by atomic mass is 79.9. The van der Waals surface area contributed by atoms with Crippen LogP contribution in [-0.4, -0.2) is 11.2 Å². The molecule has 7 heteroatoms. The Morgan fingerprint density at radius 3 is 2.76 bits per heavy atom. The molecule has 3 aromatic rings. The smallest absolute Gasteiger partial charge is 0.271 e. The van der Waals surface area contributed by atoms with Gasteiger partial charge in [-0.15, -0.1) is 0 Å². The van der Waals surface area contributed by atoms with Crippen LogP contribution >= 0.6 is 38.9 Å². The van der Waals surface area contributed by atoms with Crippen LogP contribution in [0.3, 0.4) is 0 Å². The van der Waals surface area contributed by atoms with E-state index in [-0.39, 0.29) is 5.56 Å². The maximum absolute atomic E-state index is 12.7. The van der Waals surface area contributed by atoms with Gasteiger partial charge >= 0.3 is 0 Å². The van der Waals surface area contributed by atoms with Crippen LogP contribution in [0.2, 0.25) is 5.02 Å². The van der Waals surface area contributed by atoms with E-state index in [0.717, 1.165) is 20.5 Å². The molecule has 0 N–H and O–H groups in total. The molecule has 0 fully saturated rings. The molecule has 0 radical (unpaired) electrons. The summed E-state index contributed by atoms with van der Waals surface area (Å²) in [6, 6.07) is 15.5. The molecule has 0 unspecified atom stereocenters. The van der Waals surface area contributed by atoms with E-state index >= 15 is 0 Å². The van der Waals surface area contributed by atoms with Crippen molar-refractivity contribution in [2.75, 3.05) is 11.6 Å².